The van der Waals surface area contributed by atoms with Crippen molar-refractivity contribution in [2.45, 2.75) is 84.1 Å². The number of hydrogen-bond acceptors (Lipinski definition) is 6. The Morgan fingerprint density at radius 3 is 2.60 bits per heavy atom. The molecule has 1 unspecified atom stereocenters. The number of amides is 1. The quantitative estimate of drug-likeness (QED) is 0.380. The predicted octanol–water partition coefficient (Wildman–Crippen LogP) is 3.58. The first-order chi connectivity index (χ1) is 16.3. The number of methoxy groups -OCH3 is 1. The Morgan fingerprint density at radius 1 is 1.29 bits per heavy atom. The highest BCUT2D eigenvalue weighted by molar-refractivity contribution is 6.48. The number of terminal acetylenes is 1. The maximum atomic E-state index is 12.8. The van der Waals surface area contributed by atoms with E-state index in [1.165, 1.54) is 7.11 Å². The van der Waals surface area contributed by atoms with Gasteiger partial charge in [-0.15, -0.1) is 6.42 Å². The molecule has 0 aromatic heterocycles. The first-order valence-corrected chi connectivity index (χ1v) is 12.3. The Kier molecular flexibility index (Phi) is 6.48. The number of rotatable bonds is 6. The van der Waals surface area contributed by atoms with Crippen molar-refractivity contribution in [2.75, 3.05) is 7.11 Å². The molecule has 35 heavy (non-hydrogen) atoms. The van der Waals surface area contributed by atoms with Crippen LogP contribution < -0.4 is 10.1 Å². The van der Waals surface area contributed by atoms with Crippen molar-refractivity contribution in [3.05, 3.63) is 29.3 Å². The highest BCUT2D eigenvalue weighted by Gasteiger charge is 2.68. The largest absolute Gasteiger partial charge is 0.496 e. The number of ether oxygens (including phenoxy) is 2. The average molecular weight is 481 g/mol. The second-order valence-electron chi connectivity index (χ2n) is 11.8. The van der Waals surface area contributed by atoms with Crippen molar-refractivity contribution in [1.82, 2.24) is 5.32 Å². The standard InChI is InChI=1S/C27H36BNO6/c1-9-22(30)29-21(28-34-20-15-17-14-19(26(17,5)6)27(20,7)35-28)13-16-11-10-12-18(23(16)32-8)24(31)33-25(2,3)4/h1,10-12,17,19-21H,13-15H2,2-8H3,(H,29,30)/t17-,19-,20+,21?,27-/m0/s1. The summed E-state index contributed by atoms with van der Waals surface area (Å²) in [6, 6.07) is 5.29. The number of carbonyl (C=O) groups excluding carboxylic acids is 2. The SMILES string of the molecule is C#CC(=O)NC(Cc1cccc(C(=O)OC(C)(C)C)c1OC)B1O[C@@H]2C[C@@H]3C[C@@H](C3(C)C)[C@]2(C)O1. The van der Waals surface area contributed by atoms with Crippen LogP contribution in [0.5, 0.6) is 5.75 Å². The fraction of sp³-hybridized carbons (Fsp3) is 0.630. The molecule has 1 N–H and O–H groups in total. The third-order valence-corrected chi connectivity index (χ3v) is 8.10. The van der Waals surface area contributed by atoms with Crippen LogP contribution in [0.3, 0.4) is 0 Å². The van der Waals surface area contributed by atoms with Crippen LogP contribution in [0, 0.1) is 29.6 Å². The van der Waals surface area contributed by atoms with E-state index in [1.807, 2.05) is 26.8 Å². The Bertz CT molecular complexity index is 1060. The molecule has 1 heterocycles. The minimum atomic E-state index is -0.674. The lowest BCUT2D eigenvalue weighted by Crippen LogP contribution is -2.65. The van der Waals surface area contributed by atoms with Gasteiger partial charge in [0.05, 0.1) is 24.8 Å². The molecular formula is C27H36BNO6. The van der Waals surface area contributed by atoms with Crippen LogP contribution in [0.1, 0.15) is 70.3 Å². The van der Waals surface area contributed by atoms with Gasteiger partial charge >= 0.3 is 13.1 Å². The minimum Gasteiger partial charge on any atom is -0.496 e. The van der Waals surface area contributed by atoms with Gasteiger partial charge in [0, 0.05) is 0 Å². The summed E-state index contributed by atoms with van der Waals surface area (Å²) in [6.45, 7) is 12.2. The molecule has 1 amide bonds. The molecule has 4 aliphatic rings. The second kappa shape index (κ2) is 8.87. The third kappa shape index (κ3) is 4.57. The Hall–Kier alpha value is -2.50. The number of carbonyl (C=O) groups is 2. The van der Waals surface area contributed by atoms with E-state index in [-0.39, 0.29) is 11.5 Å². The molecule has 3 saturated carbocycles. The summed E-state index contributed by atoms with van der Waals surface area (Å²) >= 11 is 0. The van der Waals surface area contributed by atoms with E-state index in [4.69, 9.17) is 25.2 Å². The van der Waals surface area contributed by atoms with Gasteiger partial charge < -0.3 is 24.1 Å². The smallest absolute Gasteiger partial charge is 0.482 e. The summed E-state index contributed by atoms with van der Waals surface area (Å²) < 4.78 is 24.2. The zero-order valence-corrected chi connectivity index (χ0v) is 21.8. The molecule has 2 bridgehead atoms. The van der Waals surface area contributed by atoms with Crippen molar-refractivity contribution in [3.63, 3.8) is 0 Å². The van der Waals surface area contributed by atoms with Gasteiger partial charge in [-0.2, -0.15) is 0 Å². The van der Waals surface area contributed by atoms with Gasteiger partial charge in [-0.1, -0.05) is 26.0 Å². The molecule has 0 radical (unpaired) electrons. The molecule has 1 aliphatic heterocycles. The van der Waals surface area contributed by atoms with Crippen molar-refractivity contribution in [3.8, 4) is 18.1 Å². The molecule has 4 fully saturated rings. The number of esters is 1. The summed E-state index contributed by atoms with van der Waals surface area (Å²) in [4.78, 5) is 25.1. The molecule has 188 valence electrons. The van der Waals surface area contributed by atoms with E-state index in [0.29, 0.717) is 29.6 Å². The lowest BCUT2D eigenvalue weighted by molar-refractivity contribution is -0.199. The predicted molar refractivity (Wildman–Crippen MR) is 133 cm³/mol. The van der Waals surface area contributed by atoms with Crippen LogP contribution in [0.25, 0.3) is 0 Å². The van der Waals surface area contributed by atoms with Gasteiger partial charge in [0.25, 0.3) is 5.91 Å². The Labute approximate surface area is 208 Å². The summed E-state index contributed by atoms with van der Waals surface area (Å²) in [7, 11) is 0.835. The molecule has 3 aliphatic carbocycles. The van der Waals surface area contributed by atoms with Crippen LogP contribution in [0.2, 0.25) is 0 Å². The minimum absolute atomic E-state index is 0.0375. The van der Waals surface area contributed by atoms with E-state index < -0.39 is 36.1 Å². The maximum absolute atomic E-state index is 12.8. The van der Waals surface area contributed by atoms with Gasteiger partial charge in [-0.3, -0.25) is 4.79 Å². The van der Waals surface area contributed by atoms with Crippen molar-refractivity contribution in [2.24, 2.45) is 17.3 Å². The van der Waals surface area contributed by atoms with Crippen LogP contribution in [-0.4, -0.2) is 49.4 Å². The molecule has 5 rings (SSSR count). The van der Waals surface area contributed by atoms with E-state index in [2.05, 4.69) is 32.0 Å². The summed E-state index contributed by atoms with van der Waals surface area (Å²) in [5.41, 5.74) is 0.164. The highest BCUT2D eigenvalue weighted by Crippen LogP contribution is 2.65. The Balaban J connectivity index is 1.61. The monoisotopic (exact) mass is 481 g/mol. The van der Waals surface area contributed by atoms with Gasteiger partial charge in [-0.25, -0.2) is 4.79 Å². The van der Waals surface area contributed by atoms with E-state index in [9.17, 15) is 9.59 Å². The van der Waals surface area contributed by atoms with Crippen LogP contribution >= 0.6 is 0 Å². The second-order valence-corrected chi connectivity index (χ2v) is 11.8. The van der Waals surface area contributed by atoms with E-state index >= 15 is 0 Å². The molecular weight excluding hydrogens is 445 g/mol. The topological polar surface area (TPSA) is 83.1 Å². The summed E-state index contributed by atoms with van der Waals surface area (Å²) in [5, 5.41) is 2.87. The van der Waals surface area contributed by atoms with Gasteiger partial charge in [0.2, 0.25) is 0 Å². The first kappa shape index (κ1) is 25.6. The zero-order chi connectivity index (χ0) is 25.8. The molecule has 0 spiro atoms. The average Bonchev–Trinajstić information content (AvgIpc) is 3.14. The third-order valence-electron chi connectivity index (χ3n) is 8.10. The normalized spacial score (nSPS) is 29.3. The lowest BCUT2D eigenvalue weighted by atomic mass is 9.43. The van der Waals surface area contributed by atoms with Gasteiger partial charge in [0.1, 0.15) is 16.9 Å². The number of benzene rings is 1. The summed E-state index contributed by atoms with van der Waals surface area (Å²) in [6.07, 6.45) is 7.70. The molecule has 1 saturated heterocycles. The zero-order valence-electron chi connectivity index (χ0n) is 21.8. The highest BCUT2D eigenvalue weighted by atomic mass is 16.7. The van der Waals surface area contributed by atoms with Crippen molar-refractivity contribution in [1.29, 1.82) is 0 Å². The van der Waals surface area contributed by atoms with Gasteiger partial charge in [0.15, 0.2) is 0 Å². The van der Waals surface area contributed by atoms with Gasteiger partial charge in [-0.05, 0) is 81.8 Å². The fourth-order valence-electron chi connectivity index (χ4n) is 6.21. The molecule has 5 atom stereocenters. The Morgan fingerprint density at radius 2 is 2.00 bits per heavy atom. The van der Waals surface area contributed by atoms with Crippen molar-refractivity contribution < 1.29 is 28.4 Å². The molecule has 7 nitrogen and oxygen atoms in total. The molecule has 1 aromatic rings. The molecule has 1 aromatic carbocycles. The maximum Gasteiger partial charge on any atom is 0.482 e. The fourth-order valence-corrected chi connectivity index (χ4v) is 6.21. The van der Waals surface area contributed by atoms with E-state index in [1.54, 1.807) is 12.1 Å². The van der Waals surface area contributed by atoms with Crippen LogP contribution in [-0.2, 0) is 25.3 Å². The van der Waals surface area contributed by atoms with E-state index in [0.717, 1.165) is 18.4 Å². The number of hydrogen-bond donors (Lipinski definition) is 1. The van der Waals surface area contributed by atoms with Crippen molar-refractivity contribution >= 4 is 19.0 Å². The van der Waals surface area contributed by atoms with Crippen LogP contribution in [0.15, 0.2) is 18.2 Å². The number of nitrogens with one attached hydrogen (secondary N) is 1. The van der Waals surface area contributed by atoms with Crippen LogP contribution in [0.4, 0.5) is 0 Å². The summed E-state index contributed by atoms with van der Waals surface area (Å²) in [5.74, 6) is 1.92. The number of para-hydroxylation sites is 1. The molecule has 8 heteroatoms. The first-order valence-electron chi connectivity index (χ1n) is 12.3. The lowest BCUT2D eigenvalue weighted by Gasteiger charge is -2.64.